The van der Waals surface area contributed by atoms with Crippen molar-refractivity contribution in [3.05, 3.63) is 0 Å². The maximum atomic E-state index is 11.0. The fourth-order valence-corrected chi connectivity index (χ4v) is 1.53. The van der Waals surface area contributed by atoms with Gasteiger partial charge in [-0.15, -0.1) is 0 Å². The minimum Gasteiger partial charge on any atom is -0.386 e. The van der Waals surface area contributed by atoms with E-state index in [2.05, 4.69) is 21.2 Å². The molecule has 4 nitrogen and oxygen atoms in total. The highest BCUT2D eigenvalue weighted by atomic mass is 79.9. The predicted octanol–water partition coefficient (Wildman–Crippen LogP) is 0.0390. The quantitative estimate of drug-likeness (QED) is 0.694. The lowest BCUT2D eigenvalue weighted by Crippen LogP contribution is -2.43. The maximum Gasteiger partial charge on any atom is 0.220 e. The van der Waals surface area contributed by atoms with E-state index in [1.807, 2.05) is 0 Å². The summed E-state index contributed by atoms with van der Waals surface area (Å²) in [6, 6.07) is 0. The van der Waals surface area contributed by atoms with Gasteiger partial charge in [-0.3, -0.25) is 4.79 Å². The number of hydrogen-bond acceptors (Lipinski definition) is 3. The minimum atomic E-state index is -0.845. The first-order valence-corrected chi connectivity index (χ1v) is 5.41. The van der Waals surface area contributed by atoms with E-state index >= 15 is 0 Å². The number of carbonyl (C=O) groups is 1. The van der Waals surface area contributed by atoms with Crippen LogP contribution in [0.1, 0.15) is 12.8 Å². The van der Waals surface area contributed by atoms with Crippen molar-refractivity contribution in [1.82, 2.24) is 5.32 Å². The van der Waals surface area contributed by atoms with E-state index in [1.54, 1.807) is 0 Å². The Bertz CT molecular complexity index is 180. The Labute approximate surface area is 85.8 Å². The number of aliphatic hydroxyl groups is 1. The van der Waals surface area contributed by atoms with Crippen LogP contribution in [0.4, 0.5) is 0 Å². The molecule has 0 saturated carbocycles. The van der Waals surface area contributed by atoms with Crippen LogP contribution in [0.15, 0.2) is 0 Å². The zero-order valence-electron chi connectivity index (χ0n) is 7.38. The number of alkyl halides is 1. The molecule has 1 saturated heterocycles. The first-order chi connectivity index (χ1) is 6.16. The van der Waals surface area contributed by atoms with Crippen molar-refractivity contribution in [3.8, 4) is 0 Å². The van der Waals surface area contributed by atoms with E-state index in [0.717, 1.165) is 0 Å². The molecule has 0 radical (unpaired) electrons. The molecule has 0 aromatic rings. The van der Waals surface area contributed by atoms with E-state index in [4.69, 9.17) is 4.74 Å². The predicted molar refractivity (Wildman–Crippen MR) is 51.8 cm³/mol. The minimum absolute atomic E-state index is 0.0443. The van der Waals surface area contributed by atoms with Crippen LogP contribution in [0.25, 0.3) is 0 Å². The average Bonchev–Trinajstić information content (AvgIpc) is 2.51. The van der Waals surface area contributed by atoms with Crippen LogP contribution in [0.2, 0.25) is 0 Å². The van der Waals surface area contributed by atoms with Gasteiger partial charge in [0.1, 0.15) is 5.60 Å². The summed E-state index contributed by atoms with van der Waals surface area (Å²) in [6.45, 7) is 1.19. The number of hydrogen-bond donors (Lipinski definition) is 2. The van der Waals surface area contributed by atoms with E-state index in [0.29, 0.717) is 37.9 Å². The molecule has 2 N–H and O–H groups in total. The Kier molecular flexibility index (Phi) is 4.15. The summed E-state index contributed by atoms with van der Waals surface area (Å²) in [6.07, 6.45) is 1.04. The van der Waals surface area contributed by atoms with E-state index in [-0.39, 0.29) is 5.91 Å². The molecule has 1 fully saturated rings. The molecule has 0 aromatic carbocycles. The van der Waals surface area contributed by atoms with Gasteiger partial charge < -0.3 is 15.2 Å². The monoisotopic (exact) mass is 251 g/mol. The van der Waals surface area contributed by atoms with Crippen molar-refractivity contribution in [2.75, 3.05) is 25.1 Å². The van der Waals surface area contributed by atoms with Gasteiger partial charge in [-0.1, -0.05) is 15.9 Å². The van der Waals surface area contributed by atoms with Crippen molar-refractivity contribution < 1.29 is 14.6 Å². The first kappa shape index (κ1) is 10.9. The van der Waals surface area contributed by atoms with Crippen LogP contribution >= 0.6 is 15.9 Å². The Balaban J connectivity index is 2.21. The van der Waals surface area contributed by atoms with Crippen molar-refractivity contribution in [2.45, 2.75) is 18.4 Å². The summed E-state index contributed by atoms with van der Waals surface area (Å²) in [7, 11) is 0. The molecule has 1 aliphatic rings. The van der Waals surface area contributed by atoms with Gasteiger partial charge in [0.05, 0.1) is 6.61 Å². The number of ether oxygens (including phenoxy) is 1. The van der Waals surface area contributed by atoms with Gasteiger partial charge in [-0.2, -0.15) is 0 Å². The molecule has 1 amide bonds. The maximum absolute atomic E-state index is 11.0. The molecule has 0 aromatic heterocycles. The molecular weight excluding hydrogens is 238 g/mol. The van der Waals surface area contributed by atoms with E-state index in [9.17, 15) is 9.90 Å². The summed E-state index contributed by atoms with van der Waals surface area (Å²) in [5.41, 5.74) is -0.845. The number of rotatable bonds is 4. The Hall–Kier alpha value is -0.130. The molecular formula is C8H14BrNO3. The Morgan fingerprint density at radius 3 is 3.00 bits per heavy atom. The van der Waals surface area contributed by atoms with Crippen molar-refractivity contribution in [3.63, 3.8) is 0 Å². The van der Waals surface area contributed by atoms with E-state index < -0.39 is 5.60 Å². The van der Waals surface area contributed by atoms with Gasteiger partial charge in [0.25, 0.3) is 0 Å². The van der Waals surface area contributed by atoms with Crippen molar-refractivity contribution in [1.29, 1.82) is 0 Å². The molecule has 5 heteroatoms. The third-order valence-electron chi connectivity index (χ3n) is 2.02. The summed E-state index contributed by atoms with van der Waals surface area (Å²) < 4.78 is 5.04. The van der Waals surface area contributed by atoms with Gasteiger partial charge in [-0.05, 0) is 0 Å². The molecule has 13 heavy (non-hydrogen) atoms. The largest absolute Gasteiger partial charge is 0.386 e. The van der Waals surface area contributed by atoms with Crippen molar-refractivity contribution in [2.24, 2.45) is 0 Å². The summed E-state index contributed by atoms with van der Waals surface area (Å²) in [4.78, 5) is 11.0. The lowest BCUT2D eigenvalue weighted by atomic mass is 10.0. The van der Waals surface area contributed by atoms with Gasteiger partial charge >= 0.3 is 0 Å². The summed E-state index contributed by atoms with van der Waals surface area (Å²) in [5.74, 6) is -0.0443. The molecule has 1 unspecified atom stereocenters. The van der Waals surface area contributed by atoms with Gasteiger partial charge in [0.15, 0.2) is 0 Å². The van der Waals surface area contributed by atoms with Crippen molar-refractivity contribution >= 4 is 21.8 Å². The third-order valence-corrected chi connectivity index (χ3v) is 2.42. The Morgan fingerprint density at radius 1 is 1.69 bits per heavy atom. The lowest BCUT2D eigenvalue weighted by molar-refractivity contribution is -0.121. The molecule has 1 rings (SSSR count). The van der Waals surface area contributed by atoms with Gasteiger partial charge in [0, 0.05) is 31.3 Å². The highest BCUT2D eigenvalue weighted by Crippen LogP contribution is 2.16. The smallest absolute Gasteiger partial charge is 0.220 e. The molecule has 1 heterocycles. The van der Waals surface area contributed by atoms with Crippen LogP contribution in [0.3, 0.4) is 0 Å². The lowest BCUT2D eigenvalue weighted by Gasteiger charge is -2.20. The molecule has 1 aliphatic heterocycles. The zero-order valence-corrected chi connectivity index (χ0v) is 8.97. The third kappa shape index (κ3) is 3.62. The molecule has 0 aliphatic carbocycles. The SMILES string of the molecule is O=C(CCBr)NCC1(O)CCOC1. The second-order valence-corrected chi connectivity index (χ2v) is 4.04. The number of halogens is 1. The van der Waals surface area contributed by atoms with Crippen LogP contribution in [-0.2, 0) is 9.53 Å². The second kappa shape index (κ2) is 4.93. The van der Waals surface area contributed by atoms with Gasteiger partial charge in [-0.25, -0.2) is 0 Å². The molecule has 0 spiro atoms. The van der Waals surface area contributed by atoms with Crippen LogP contribution in [0, 0.1) is 0 Å². The zero-order chi connectivity index (χ0) is 9.73. The highest BCUT2D eigenvalue weighted by Gasteiger charge is 2.32. The average molecular weight is 252 g/mol. The van der Waals surface area contributed by atoms with Crippen LogP contribution in [0.5, 0.6) is 0 Å². The van der Waals surface area contributed by atoms with Gasteiger partial charge in [0.2, 0.25) is 5.91 Å². The van der Waals surface area contributed by atoms with E-state index in [1.165, 1.54) is 0 Å². The molecule has 76 valence electrons. The topological polar surface area (TPSA) is 58.6 Å². The van der Waals surface area contributed by atoms with Crippen LogP contribution in [-0.4, -0.2) is 41.7 Å². The first-order valence-electron chi connectivity index (χ1n) is 4.29. The molecule has 1 atom stereocenters. The normalized spacial score (nSPS) is 27.5. The highest BCUT2D eigenvalue weighted by molar-refractivity contribution is 9.09. The molecule has 0 bridgehead atoms. The standard InChI is InChI=1S/C8H14BrNO3/c9-3-1-7(11)10-5-8(12)2-4-13-6-8/h12H,1-6H2,(H,10,11). The number of carbonyl (C=O) groups excluding carboxylic acids is 1. The second-order valence-electron chi connectivity index (χ2n) is 3.24. The van der Waals surface area contributed by atoms with Crippen LogP contribution < -0.4 is 5.32 Å². The summed E-state index contributed by atoms with van der Waals surface area (Å²) >= 11 is 3.17. The summed E-state index contributed by atoms with van der Waals surface area (Å²) in [5, 5.41) is 13.1. The Morgan fingerprint density at radius 2 is 2.46 bits per heavy atom. The fourth-order valence-electron chi connectivity index (χ4n) is 1.17. The number of nitrogens with one attached hydrogen (secondary N) is 1. The number of amides is 1. The fraction of sp³-hybridized carbons (Fsp3) is 0.875.